The van der Waals surface area contributed by atoms with Crippen molar-refractivity contribution < 1.29 is 25.8 Å². The molecule has 0 aromatic carbocycles. The van der Waals surface area contributed by atoms with Gasteiger partial charge in [-0.05, 0) is 67.2 Å². The van der Waals surface area contributed by atoms with Crippen LogP contribution in [0.3, 0.4) is 0 Å². The molecule has 0 radical (unpaired) electrons. The summed E-state index contributed by atoms with van der Waals surface area (Å²) in [7, 11) is -5.61. The Balaban J connectivity index is 1.57. The summed E-state index contributed by atoms with van der Waals surface area (Å²) in [6.45, 7) is 1.04. The lowest BCUT2D eigenvalue weighted by molar-refractivity contribution is -0.0550. The highest BCUT2D eigenvalue weighted by atomic mass is 32.2. The number of piperidine rings is 1. The molecule has 4 nitrogen and oxygen atoms in total. The van der Waals surface area contributed by atoms with Gasteiger partial charge in [0.15, 0.2) is 0 Å². The van der Waals surface area contributed by atoms with Crippen molar-refractivity contribution in [3.8, 4) is 0 Å². The Hall–Kier alpha value is -1.12. The molecule has 3 aliphatic carbocycles. The van der Waals surface area contributed by atoms with Gasteiger partial charge in [0.25, 0.3) is 0 Å². The summed E-state index contributed by atoms with van der Waals surface area (Å²) in [5.41, 5.74) is -3.91. The van der Waals surface area contributed by atoms with Gasteiger partial charge in [0.2, 0.25) is 0 Å². The van der Waals surface area contributed by atoms with Crippen LogP contribution in [0.2, 0.25) is 0 Å². The zero-order chi connectivity index (χ0) is 17.8. The number of halogens is 3. The Morgan fingerprint density at radius 3 is 2.60 bits per heavy atom. The van der Waals surface area contributed by atoms with Gasteiger partial charge in [0.1, 0.15) is 6.10 Å². The van der Waals surface area contributed by atoms with Crippen molar-refractivity contribution in [3.63, 3.8) is 0 Å². The van der Waals surface area contributed by atoms with Gasteiger partial charge in [0, 0.05) is 6.04 Å². The standard InChI is InChI=1S/C17H20F3NO3S/c18-17(19,20)25(22,23)24-16-8-6-12-10-5-7-15-13(2-1-9-21-15)11(10)3-4-14(12)16/h3-4,6,8,10-11,13,15-16,21H,1-2,5,7,9H2. The monoisotopic (exact) mass is 375 g/mol. The number of rotatable bonds is 2. The second-order valence-electron chi connectivity index (χ2n) is 7.17. The van der Waals surface area contributed by atoms with Crippen molar-refractivity contribution in [2.45, 2.75) is 43.3 Å². The fraction of sp³-hybridized carbons (Fsp3) is 0.647. The molecule has 0 aromatic heterocycles. The lowest BCUT2D eigenvalue weighted by atomic mass is 9.62. The second kappa shape index (κ2) is 5.96. The number of alkyl halides is 3. The van der Waals surface area contributed by atoms with Crippen molar-refractivity contribution in [1.82, 2.24) is 5.32 Å². The molecule has 5 atom stereocenters. The first-order chi connectivity index (χ1) is 11.8. The van der Waals surface area contributed by atoms with Crippen LogP contribution in [0.15, 0.2) is 35.5 Å². The van der Waals surface area contributed by atoms with Crippen LogP contribution in [0.1, 0.15) is 25.7 Å². The summed E-state index contributed by atoms with van der Waals surface area (Å²) in [6.07, 6.45) is 10.1. The molecule has 8 heteroatoms. The molecule has 1 saturated carbocycles. The molecule has 4 rings (SSSR count). The molecule has 1 aliphatic heterocycles. The van der Waals surface area contributed by atoms with E-state index in [0.29, 0.717) is 23.5 Å². The highest BCUT2D eigenvalue weighted by Gasteiger charge is 2.50. The number of allylic oxidation sites excluding steroid dienone is 3. The first-order valence-corrected chi connectivity index (χ1v) is 10.0. The van der Waals surface area contributed by atoms with E-state index >= 15 is 0 Å². The molecule has 0 aromatic rings. The third kappa shape index (κ3) is 2.88. The van der Waals surface area contributed by atoms with Gasteiger partial charge < -0.3 is 5.32 Å². The van der Waals surface area contributed by atoms with Gasteiger partial charge in [-0.2, -0.15) is 21.6 Å². The lowest BCUT2D eigenvalue weighted by Crippen LogP contribution is -2.49. The first-order valence-electron chi connectivity index (χ1n) is 8.61. The van der Waals surface area contributed by atoms with E-state index in [4.69, 9.17) is 0 Å². The topological polar surface area (TPSA) is 55.4 Å². The number of nitrogens with one attached hydrogen (secondary N) is 1. The van der Waals surface area contributed by atoms with Crippen LogP contribution in [0, 0.1) is 17.8 Å². The highest BCUT2D eigenvalue weighted by Crippen LogP contribution is 2.49. The summed E-state index contributed by atoms with van der Waals surface area (Å²) < 4.78 is 64.9. The molecule has 138 valence electrons. The van der Waals surface area contributed by atoms with Gasteiger partial charge >= 0.3 is 15.6 Å². The van der Waals surface area contributed by atoms with Crippen LogP contribution in [0.5, 0.6) is 0 Å². The molecule has 0 bridgehead atoms. The number of hydrogen-bond donors (Lipinski definition) is 1. The Morgan fingerprint density at radius 1 is 1.08 bits per heavy atom. The molecule has 2 fully saturated rings. The Morgan fingerprint density at radius 2 is 1.84 bits per heavy atom. The molecule has 5 unspecified atom stereocenters. The second-order valence-corrected chi connectivity index (χ2v) is 8.74. The molecule has 1 saturated heterocycles. The van der Waals surface area contributed by atoms with Gasteiger partial charge in [-0.1, -0.05) is 18.2 Å². The SMILES string of the molecule is O=S(=O)(OC1C=CC2=C1C=CC1C2CCC2NCCCC21)C(F)(F)F. The first kappa shape index (κ1) is 17.3. The smallest absolute Gasteiger partial charge is 0.314 e. The van der Waals surface area contributed by atoms with E-state index in [0.717, 1.165) is 37.8 Å². The lowest BCUT2D eigenvalue weighted by Gasteiger charge is -2.46. The van der Waals surface area contributed by atoms with Crippen molar-refractivity contribution >= 4 is 10.1 Å². The maximum absolute atomic E-state index is 12.6. The predicted octanol–water partition coefficient (Wildman–Crippen LogP) is 3.05. The van der Waals surface area contributed by atoms with E-state index in [9.17, 15) is 21.6 Å². The number of hydrogen-bond acceptors (Lipinski definition) is 4. The zero-order valence-electron chi connectivity index (χ0n) is 13.5. The molecule has 1 heterocycles. The maximum atomic E-state index is 12.6. The quantitative estimate of drug-likeness (QED) is 0.595. The Labute approximate surface area is 144 Å². The molecule has 1 N–H and O–H groups in total. The third-order valence-corrected chi connectivity index (χ3v) is 6.91. The summed E-state index contributed by atoms with van der Waals surface area (Å²) in [4.78, 5) is 0. The average molecular weight is 375 g/mol. The van der Waals surface area contributed by atoms with Crippen molar-refractivity contribution in [2.24, 2.45) is 17.8 Å². The molecule has 4 aliphatic rings. The minimum Gasteiger partial charge on any atom is -0.314 e. The normalized spacial score (nSPS) is 37.6. The summed E-state index contributed by atoms with van der Waals surface area (Å²) in [5, 5.41) is 3.57. The van der Waals surface area contributed by atoms with E-state index in [1.54, 1.807) is 12.2 Å². The van der Waals surface area contributed by atoms with Crippen molar-refractivity contribution in [1.29, 1.82) is 0 Å². The predicted molar refractivity (Wildman–Crippen MR) is 85.9 cm³/mol. The Kier molecular flexibility index (Phi) is 4.12. The maximum Gasteiger partial charge on any atom is 0.523 e. The van der Waals surface area contributed by atoms with Crippen LogP contribution in [-0.2, 0) is 14.3 Å². The van der Waals surface area contributed by atoms with Crippen LogP contribution < -0.4 is 5.32 Å². The van der Waals surface area contributed by atoms with Gasteiger partial charge in [-0.3, -0.25) is 4.18 Å². The summed E-state index contributed by atoms with van der Waals surface area (Å²) >= 11 is 0. The van der Waals surface area contributed by atoms with E-state index in [1.165, 1.54) is 6.08 Å². The van der Waals surface area contributed by atoms with E-state index in [2.05, 4.69) is 15.6 Å². The summed E-state index contributed by atoms with van der Waals surface area (Å²) in [6, 6.07) is 0.504. The van der Waals surface area contributed by atoms with Gasteiger partial charge in [0.05, 0.1) is 0 Å². The molecule has 0 amide bonds. The Bertz CT molecular complexity index is 754. The molecular weight excluding hydrogens is 355 g/mol. The minimum absolute atomic E-state index is 0.236. The molecular formula is C17H20F3NO3S. The van der Waals surface area contributed by atoms with Gasteiger partial charge in [-0.25, -0.2) is 0 Å². The summed E-state index contributed by atoms with van der Waals surface area (Å²) in [5.74, 6) is 1.12. The van der Waals surface area contributed by atoms with E-state index in [-0.39, 0.29) is 5.92 Å². The fourth-order valence-corrected chi connectivity index (χ4v) is 5.37. The van der Waals surface area contributed by atoms with Crippen LogP contribution in [0.4, 0.5) is 13.2 Å². The van der Waals surface area contributed by atoms with Gasteiger partial charge in [-0.15, -0.1) is 0 Å². The third-order valence-electron chi connectivity index (χ3n) is 5.89. The molecule has 0 spiro atoms. The fourth-order valence-electron chi connectivity index (χ4n) is 4.82. The largest absolute Gasteiger partial charge is 0.523 e. The minimum atomic E-state index is -5.61. The molecule has 25 heavy (non-hydrogen) atoms. The van der Waals surface area contributed by atoms with Crippen LogP contribution in [-0.4, -0.2) is 32.6 Å². The van der Waals surface area contributed by atoms with E-state index in [1.807, 2.05) is 0 Å². The number of fused-ring (bicyclic) bond motifs is 4. The average Bonchev–Trinajstić information content (AvgIpc) is 2.96. The highest BCUT2D eigenvalue weighted by molar-refractivity contribution is 7.87. The van der Waals surface area contributed by atoms with E-state index < -0.39 is 21.7 Å². The van der Waals surface area contributed by atoms with Crippen molar-refractivity contribution in [3.05, 3.63) is 35.5 Å². The van der Waals surface area contributed by atoms with Crippen molar-refractivity contribution in [2.75, 3.05) is 6.54 Å². The van der Waals surface area contributed by atoms with Crippen LogP contribution in [0.25, 0.3) is 0 Å². The zero-order valence-corrected chi connectivity index (χ0v) is 14.3. The van der Waals surface area contributed by atoms with Crippen LogP contribution >= 0.6 is 0 Å².